The first kappa shape index (κ1) is 19.5. The minimum absolute atomic E-state index is 0.389. The van der Waals surface area contributed by atoms with Gasteiger partial charge in [0.15, 0.2) is 0 Å². The molecule has 150 valence electrons. The summed E-state index contributed by atoms with van der Waals surface area (Å²) >= 11 is 3.45. The number of hydrogen-bond donors (Lipinski definition) is 2. The van der Waals surface area contributed by atoms with Crippen molar-refractivity contribution in [3.8, 4) is 5.95 Å². The number of aryl methyl sites for hydroxylation is 2. The van der Waals surface area contributed by atoms with Crippen LogP contribution in [0, 0.1) is 13.8 Å². The summed E-state index contributed by atoms with van der Waals surface area (Å²) in [5, 5.41) is 12.3. The fourth-order valence-corrected chi connectivity index (χ4v) is 3.52. The number of hydrogen-bond acceptors (Lipinski definition) is 7. The van der Waals surface area contributed by atoms with Gasteiger partial charge in [0, 0.05) is 21.6 Å². The highest BCUT2D eigenvalue weighted by Crippen LogP contribution is 2.20. The molecule has 2 aromatic heterocycles. The molecule has 1 aliphatic carbocycles. The molecular formula is C20H23BrN8. The zero-order valence-corrected chi connectivity index (χ0v) is 18.1. The van der Waals surface area contributed by atoms with E-state index in [1.165, 1.54) is 19.3 Å². The normalized spacial score (nSPS) is 14.0. The van der Waals surface area contributed by atoms with Crippen LogP contribution in [0.5, 0.6) is 0 Å². The Morgan fingerprint density at radius 3 is 2.38 bits per heavy atom. The first-order valence-corrected chi connectivity index (χ1v) is 10.5. The number of hydrazone groups is 1. The van der Waals surface area contributed by atoms with Crippen molar-refractivity contribution in [1.29, 1.82) is 0 Å². The van der Waals surface area contributed by atoms with Crippen LogP contribution < -0.4 is 10.7 Å². The zero-order valence-electron chi connectivity index (χ0n) is 16.5. The molecule has 1 aromatic carbocycles. The highest BCUT2D eigenvalue weighted by molar-refractivity contribution is 9.10. The third-order valence-corrected chi connectivity index (χ3v) is 5.20. The van der Waals surface area contributed by atoms with E-state index in [9.17, 15) is 0 Å². The van der Waals surface area contributed by atoms with Gasteiger partial charge in [-0.3, -0.25) is 0 Å². The average molecular weight is 455 g/mol. The number of benzene rings is 1. The van der Waals surface area contributed by atoms with E-state index in [0.29, 0.717) is 17.8 Å². The minimum atomic E-state index is 0.389. The van der Waals surface area contributed by atoms with Gasteiger partial charge in [-0.2, -0.15) is 25.2 Å². The molecule has 1 aliphatic rings. The maximum atomic E-state index is 4.56. The van der Waals surface area contributed by atoms with Gasteiger partial charge in [-0.25, -0.2) is 10.1 Å². The van der Waals surface area contributed by atoms with E-state index in [0.717, 1.165) is 40.1 Å². The van der Waals surface area contributed by atoms with Gasteiger partial charge in [0.2, 0.25) is 11.9 Å². The van der Waals surface area contributed by atoms with Crippen LogP contribution in [0.4, 0.5) is 17.6 Å². The monoisotopic (exact) mass is 454 g/mol. The largest absolute Gasteiger partial charge is 0.324 e. The summed E-state index contributed by atoms with van der Waals surface area (Å²) in [6, 6.07) is 9.80. The lowest BCUT2D eigenvalue weighted by Crippen LogP contribution is -2.12. The molecule has 0 amide bonds. The number of halogens is 1. The van der Waals surface area contributed by atoms with E-state index < -0.39 is 0 Å². The highest BCUT2D eigenvalue weighted by atomic mass is 79.9. The van der Waals surface area contributed by atoms with E-state index >= 15 is 0 Å². The predicted octanol–water partition coefficient (Wildman–Crippen LogP) is 4.91. The molecule has 2 N–H and O–H groups in total. The van der Waals surface area contributed by atoms with E-state index in [2.05, 4.69) is 51.8 Å². The Morgan fingerprint density at radius 2 is 1.69 bits per heavy atom. The van der Waals surface area contributed by atoms with Gasteiger partial charge in [0.05, 0.1) is 5.69 Å². The van der Waals surface area contributed by atoms with Crippen LogP contribution in [0.25, 0.3) is 5.95 Å². The summed E-state index contributed by atoms with van der Waals surface area (Å²) in [7, 11) is 0. The van der Waals surface area contributed by atoms with Gasteiger partial charge >= 0.3 is 0 Å². The van der Waals surface area contributed by atoms with Crippen molar-refractivity contribution in [2.24, 2.45) is 5.10 Å². The summed E-state index contributed by atoms with van der Waals surface area (Å²) in [5.41, 5.74) is 6.92. The summed E-state index contributed by atoms with van der Waals surface area (Å²) in [5.74, 6) is 1.26. The first-order valence-electron chi connectivity index (χ1n) is 9.70. The molecule has 0 aliphatic heterocycles. The van der Waals surface area contributed by atoms with Crippen molar-refractivity contribution in [3.63, 3.8) is 0 Å². The molecule has 0 unspecified atom stereocenters. The summed E-state index contributed by atoms with van der Waals surface area (Å²) in [6.45, 7) is 3.92. The molecular weight excluding hydrogens is 432 g/mol. The standard InChI is InChI=1S/C20H23BrN8/c1-13-12-14(2)29(28-13)20-24-18(22-16-10-8-15(21)9-11-16)23-19(25-20)27-26-17-6-4-3-5-7-17/h8-12H,3-7H2,1-2H3,(H2,22,23,24,25,27). The molecule has 0 spiro atoms. The van der Waals surface area contributed by atoms with Crippen molar-refractivity contribution >= 4 is 39.2 Å². The van der Waals surface area contributed by atoms with Crippen molar-refractivity contribution in [3.05, 3.63) is 46.2 Å². The molecule has 0 atom stereocenters. The molecule has 4 rings (SSSR count). The Morgan fingerprint density at radius 1 is 0.966 bits per heavy atom. The molecule has 29 heavy (non-hydrogen) atoms. The number of anilines is 3. The molecule has 0 saturated heterocycles. The molecule has 2 heterocycles. The number of nitrogens with one attached hydrogen (secondary N) is 2. The first-order chi connectivity index (χ1) is 14.1. The predicted molar refractivity (Wildman–Crippen MR) is 118 cm³/mol. The summed E-state index contributed by atoms with van der Waals surface area (Å²) < 4.78 is 2.72. The SMILES string of the molecule is Cc1cc(C)n(-c2nc(NN=C3CCCCC3)nc(Nc3ccc(Br)cc3)n2)n1. The Kier molecular flexibility index (Phi) is 5.84. The lowest BCUT2D eigenvalue weighted by molar-refractivity contribution is 0.665. The summed E-state index contributed by atoms with van der Waals surface area (Å²) in [4.78, 5) is 13.6. The van der Waals surface area contributed by atoms with Crippen LogP contribution >= 0.6 is 15.9 Å². The van der Waals surface area contributed by atoms with Gasteiger partial charge < -0.3 is 5.32 Å². The van der Waals surface area contributed by atoms with Gasteiger partial charge in [0.25, 0.3) is 5.95 Å². The van der Waals surface area contributed by atoms with E-state index in [-0.39, 0.29) is 0 Å². The van der Waals surface area contributed by atoms with E-state index in [1.807, 2.05) is 44.2 Å². The van der Waals surface area contributed by atoms with Crippen LogP contribution in [0.3, 0.4) is 0 Å². The van der Waals surface area contributed by atoms with Crippen LogP contribution in [0.2, 0.25) is 0 Å². The van der Waals surface area contributed by atoms with Gasteiger partial charge in [-0.05, 0) is 69.9 Å². The average Bonchev–Trinajstić information content (AvgIpc) is 3.07. The van der Waals surface area contributed by atoms with Crippen molar-refractivity contribution in [2.75, 3.05) is 10.7 Å². The highest BCUT2D eigenvalue weighted by Gasteiger charge is 2.13. The second-order valence-corrected chi connectivity index (χ2v) is 8.02. The van der Waals surface area contributed by atoms with E-state index in [4.69, 9.17) is 0 Å². The Balaban J connectivity index is 1.66. The number of nitrogens with zero attached hydrogens (tertiary/aromatic N) is 6. The van der Waals surface area contributed by atoms with Gasteiger partial charge in [-0.1, -0.05) is 22.4 Å². The molecule has 1 saturated carbocycles. The zero-order chi connectivity index (χ0) is 20.2. The summed E-state index contributed by atoms with van der Waals surface area (Å²) in [6.07, 6.45) is 5.68. The fourth-order valence-electron chi connectivity index (χ4n) is 3.26. The molecule has 3 aromatic rings. The van der Waals surface area contributed by atoms with Crippen LogP contribution in [0.15, 0.2) is 39.9 Å². The maximum Gasteiger partial charge on any atom is 0.257 e. The number of rotatable bonds is 5. The topological polar surface area (TPSA) is 92.9 Å². The lowest BCUT2D eigenvalue weighted by Gasteiger charge is -2.13. The maximum absolute atomic E-state index is 4.56. The quantitative estimate of drug-likeness (QED) is 0.531. The molecule has 0 bridgehead atoms. The Hall–Kier alpha value is -2.81. The molecule has 8 nitrogen and oxygen atoms in total. The van der Waals surface area contributed by atoms with Crippen molar-refractivity contribution in [2.45, 2.75) is 46.0 Å². The number of aromatic nitrogens is 5. The second kappa shape index (κ2) is 8.69. The minimum Gasteiger partial charge on any atom is -0.324 e. The van der Waals surface area contributed by atoms with Crippen molar-refractivity contribution < 1.29 is 0 Å². The molecule has 9 heteroatoms. The Bertz CT molecular complexity index is 1020. The lowest BCUT2D eigenvalue weighted by atomic mass is 9.99. The third-order valence-electron chi connectivity index (χ3n) is 4.67. The van der Waals surface area contributed by atoms with Crippen molar-refractivity contribution in [1.82, 2.24) is 24.7 Å². The molecule has 1 fully saturated rings. The Labute approximate surface area is 178 Å². The van der Waals surface area contributed by atoms with Crippen LogP contribution in [-0.2, 0) is 0 Å². The third kappa shape index (κ3) is 4.97. The van der Waals surface area contributed by atoms with Crippen LogP contribution in [0.1, 0.15) is 43.5 Å². The second-order valence-electron chi connectivity index (χ2n) is 7.10. The van der Waals surface area contributed by atoms with Gasteiger partial charge in [0.1, 0.15) is 0 Å². The van der Waals surface area contributed by atoms with E-state index in [1.54, 1.807) is 4.68 Å². The van der Waals surface area contributed by atoms with Gasteiger partial charge in [-0.15, -0.1) is 0 Å². The van der Waals surface area contributed by atoms with Crippen LogP contribution in [-0.4, -0.2) is 30.4 Å². The fraction of sp³-hybridized carbons (Fsp3) is 0.350. The molecule has 0 radical (unpaired) electrons. The smallest absolute Gasteiger partial charge is 0.257 e.